The first-order valence-corrected chi connectivity index (χ1v) is 10.6. The summed E-state index contributed by atoms with van der Waals surface area (Å²) in [7, 11) is -3.69. The summed E-state index contributed by atoms with van der Waals surface area (Å²) in [4.78, 5) is 11.0. The number of sulfonamides is 1. The monoisotopic (exact) mass is 387 g/mol. The maximum absolute atomic E-state index is 12.8. The van der Waals surface area contributed by atoms with Gasteiger partial charge in [0.05, 0.1) is 22.3 Å². The van der Waals surface area contributed by atoms with Crippen LogP contribution in [0.4, 0.5) is 11.4 Å². The van der Waals surface area contributed by atoms with E-state index in [2.05, 4.69) is 10.0 Å². The van der Waals surface area contributed by atoms with E-state index in [0.717, 1.165) is 25.7 Å². The quantitative estimate of drug-likeness (QED) is 0.615. The number of nitrogens with zero attached hydrogens (tertiary/aromatic N) is 1. The molecule has 0 bridgehead atoms. The van der Waals surface area contributed by atoms with Gasteiger partial charge in [0.2, 0.25) is 10.0 Å². The van der Waals surface area contributed by atoms with Crippen molar-refractivity contribution in [2.75, 3.05) is 5.32 Å². The molecular formula is C19H21N3O4S. The molecule has 1 unspecified atom stereocenters. The summed E-state index contributed by atoms with van der Waals surface area (Å²) >= 11 is 0. The molecule has 2 N–H and O–H groups in total. The SMILES string of the molecule is O=[N+]([O-])c1ccccc1-c1ccc2c(c1)S(=O)(=O)NC(C1CCCCC1)N2. The zero-order valence-electron chi connectivity index (χ0n) is 14.7. The van der Waals surface area contributed by atoms with E-state index < -0.39 is 14.9 Å². The Morgan fingerprint density at radius 3 is 2.52 bits per heavy atom. The van der Waals surface area contributed by atoms with Crippen molar-refractivity contribution in [3.05, 3.63) is 52.6 Å². The van der Waals surface area contributed by atoms with E-state index in [1.165, 1.54) is 18.6 Å². The van der Waals surface area contributed by atoms with Gasteiger partial charge in [0.25, 0.3) is 5.69 Å². The highest BCUT2D eigenvalue weighted by Crippen LogP contribution is 2.37. The standard InChI is InChI=1S/C19H21N3O4S/c23-22(24)17-9-5-4-8-15(17)14-10-11-16-18(12-14)27(25,26)21-19(20-16)13-6-2-1-3-7-13/h4-5,8-13,19-21H,1-3,6-7H2. The Hall–Kier alpha value is -2.45. The molecule has 0 amide bonds. The number of fused-ring (bicyclic) bond motifs is 1. The highest BCUT2D eigenvalue weighted by atomic mass is 32.2. The van der Waals surface area contributed by atoms with Crippen LogP contribution < -0.4 is 10.0 Å². The van der Waals surface area contributed by atoms with Crippen LogP contribution in [-0.2, 0) is 10.0 Å². The summed E-state index contributed by atoms with van der Waals surface area (Å²) in [5.74, 6) is 0.275. The van der Waals surface area contributed by atoms with Crippen LogP contribution in [0.25, 0.3) is 11.1 Å². The van der Waals surface area contributed by atoms with E-state index in [4.69, 9.17) is 0 Å². The van der Waals surface area contributed by atoms with Gasteiger partial charge >= 0.3 is 0 Å². The number of benzene rings is 2. The van der Waals surface area contributed by atoms with E-state index in [1.807, 2.05) is 0 Å². The number of hydrogen-bond acceptors (Lipinski definition) is 5. The third kappa shape index (κ3) is 3.42. The largest absolute Gasteiger partial charge is 0.368 e. The van der Waals surface area contributed by atoms with Gasteiger partial charge in [-0.2, -0.15) is 4.72 Å². The minimum Gasteiger partial charge on any atom is -0.368 e. The molecule has 7 nitrogen and oxygen atoms in total. The van der Waals surface area contributed by atoms with Gasteiger partial charge < -0.3 is 5.32 Å². The van der Waals surface area contributed by atoms with Gasteiger partial charge in [-0.3, -0.25) is 10.1 Å². The summed E-state index contributed by atoms with van der Waals surface area (Å²) < 4.78 is 28.4. The predicted molar refractivity (Wildman–Crippen MR) is 103 cm³/mol. The number of nitro benzene ring substituents is 1. The van der Waals surface area contributed by atoms with Crippen molar-refractivity contribution in [1.29, 1.82) is 0 Å². The first-order chi connectivity index (χ1) is 13.0. The van der Waals surface area contributed by atoms with E-state index >= 15 is 0 Å². The molecular weight excluding hydrogens is 366 g/mol. The van der Waals surface area contributed by atoms with Gasteiger partial charge in [0, 0.05) is 6.07 Å². The number of para-hydroxylation sites is 1. The molecule has 142 valence electrons. The average molecular weight is 387 g/mol. The van der Waals surface area contributed by atoms with Crippen LogP contribution in [0.1, 0.15) is 32.1 Å². The molecule has 8 heteroatoms. The van der Waals surface area contributed by atoms with E-state index in [-0.39, 0.29) is 22.7 Å². The van der Waals surface area contributed by atoms with E-state index in [0.29, 0.717) is 16.8 Å². The van der Waals surface area contributed by atoms with Gasteiger partial charge in [-0.05, 0) is 42.5 Å². The summed E-state index contributed by atoms with van der Waals surface area (Å²) in [6.07, 6.45) is 5.14. The number of nitrogens with one attached hydrogen (secondary N) is 2. The Balaban J connectivity index is 1.72. The number of hydrogen-bond donors (Lipinski definition) is 2. The number of rotatable bonds is 3. The Morgan fingerprint density at radius 1 is 1.04 bits per heavy atom. The number of nitro groups is 1. The maximum Gasteiger partial charge on any atom is 0.277 e. The molecule has 2 aromatic rings. The fraction of sp³-hybridized carbons (Fsp3) is 0.368. The lowest BCUT2D eigenvalue weighted by molar-refractivity contribution is -0.384. The molecule has 0 radical (unpaired) electrons. The van der Waals surface area contributed by atoms with Crippen LogP contribution in [0.5, 0.6) is 0 Å². The van der Waals surface area contributed by atoms with Crippen LogP contribution >= 0.6 is 0 Å². The van der Waals surface area contributed by atoms with Crippen molar-refractivity contribution in [2.45, 2.75) is 43.2 Å². The third-order valence-electron chi connectivity index (χ3n) is 5.40. The van der Waals surface area contributed by atoms with Crippen LogP contribution in [0.3, 0.4) is 0 Å². The highest BCUT2D eigenvalue weighted by Gasteiger charge is 2.34. The molecule has 1 atom stereocenters. The molecule has 4 rings (SSSR count). The molecule has 2 aromatic carbocycles. The van der Waals surface area contributed by atoms with Gasteiger partial charge in [0.1, 0.15) is 4.90 Å². The van der Waals surface area contributed by atoms with Crippen LogP contribution in [0, 0.1) is 16.0 Å². The fourth-order valence-electron chi connectivity index (χ4n) is 4.02. The van der Waals surface area contributed by atoms with Crippen LogP contribution in [0.2, 0.25) is 0 Å². The molecule has 1 aliphatic heterocycles. The lowest BCUT2D eigenvalue weighted by atomic mass is 9.87. The minimum absolute atomic E-state index is 0.0494. The lowest BCUT2D eigenvalue weighted by Crippen LogP contribution is -2.49. The summed E-state index contributed by atoms with van der Waals surface area (Å²) in [6, 6.07) is 11.3. The van der Waals surface area contributed by atoms with Crippen molar-refractivity contribution in [3.8, 4) is 11.1 Å². The van der Waals surface area contributed by atoms with Crippen molar-refractivity contribution in [3.63, 3.8) is 0 Å². The molecule has 2 aliphatic rings. The normalized spacial score (nSPS) is 21.9. The Kier molecular flexibility index (Phi) is 4.61. The second kappa shape index (κ2) is 6.94. The van der Waals surface area contributed by atoms with Gasteiger partial charge in [-0.15, -0.1) is 0 Å². The first-order valence-electron chi connectivity index (χ1n) is 9.12. The second-order valence-corrected chi connectivity index (χ2v) is 8.81. The van der Waals surface area contributed by atoms with E-state index in [9.17, 15) is 18.5 Å². The minimum atomic E-state index is -3.69. The fourth-order valence-corrected chi connectivity index (χ4v) is 5.43. The smallest absolute Gasteiger partial charge is 0.277 e. The van der Waals surface area contributed by atoms with Crippen molar-refractivity contribution in [2.24, 2.45) is 5.92 Å². The van der Waals surface area contributed by atoms with Crippen LogP contribution in [0.15, 0.2) is 47.4 Å². The molecule has 27 heavy (non-hydrogen) atoms. The lowest BCUT2D eigenvalue weighted by Gasteiger charge is -2.35. The van der Waals surface area contributed by atoms with E-state index in [1.54, 1.807) is 30.3 Å². The molecule has 0 spiro atoms. The molecule has 0 saturated heterocycles. The first kappa shape index (κ1) is 17.9. The van der Waals surface area contributed by atoms with Crippen molar-refractivity contribution >= 4 is 21.4 Å². The Labute approximate surface area is 158 Å². The topological polar surface area (TPSA) is 101 Å². The highest BCUT2D eigenvalue weighted by molar-refractivity contribution is 7.89. The Morgan fingerprint density at radius 2 is 1.78 bits per heavy atom. The molecule has 1 fully saturated rings. The summed E-state index contributed by atoms with van der Waals surface area (Å²) in [6.45, 7) is 0. The van der Waals surface area contributed by atoms with Crippen molar-refractivity contribution < 1.29 is 13.3 Å². The van der Waals surface area contributed by atoms with Gasteiger partial charge in [0.15, 0.2) is 0 Å². The maximum atomic E-state index is 12.8. The average Bonchev–Trinajstić information content (AvgIpc) is 2.68. The zero-order chi connectivity index (χ0) is 19.0. The molecule has 0 aromatic heterocycles. The summed E-state index contributed by atoms with van der Waals surface area (Å²) in [5, 5.41) is 14.6. The molecule has 1 heterocycles. The summed E-state index contributed by atoms with van der Waals surface area (Å²) in [5.41, 5.74) is 1.40. The van der Waals surface area contributed by atoms with Gasteiger partial charge in [-0.1, -0.05) is 37.5 Å². The number of anilines is 1. The van der Waals surface area contributed by atoms with Crippen LogP contribution in [-0.4, -0.2) is 19.5 Å². The van der Waals surface area contributed by atoms with Gasteiger partial charge in [-0.25, -0.2) is 8.42 Å². The molecule has 1 aliphatic carbocycles. The second-order valence-electron chi connectivity index (χ2n) is 7.13. The third-order valence-corrected chi connectivity index (χ3v) is 6.88. The molecule has 1 saturated carbocycles. The zero-order valence-corrected chi connectivity index (χ0v) is 15.5. The predicted octanol–water partition coefficient (Wildman–Crippen LogP) is 3.87. The Bertz CT molecular complexity index is 984. The van der Waals surface area contributed by atoms with Crippen molar-refractivity contribution in [1.82, 2.24) is 4.72 Å².